The molecule has 1 aliphatic rings. The van der Waals surface area contributed by atoms with E-state index in [-0.39, 0.29) is 42.0 Å². The number of rotatable bonds is 7. The van der Waals surface area contributed by atoms with Crippen molar-refractivity contribution in [3.8, 4) is 0 Å². The maximum atomic E-state index is 11.8. The Balaban J connectivity index is 0.00000450. The number of likely N-dealkylation sites (tertiary alicyclic amines) is 1. The fourth-order valence-corrected chi connectivity index (χ4v) is 3.15. The van der Waals surface area contributed by atoms with Gasteiger partial charge in [0.25, 0.3) is 0 Å². The molecule has 1 aromatic carbocycles. The summed E-state index contributed by atoms with van der Waals surface area (Å²) in [5.41, 5.74) is 1.90. The largest absolute Gasteiger partial charge is 0.450 e. The molecule has 1 aromatic rings. The molecule has 30 heavy (non-hydrogen) atoms. The van der Waals surface area contributed by atoms with Crippen LogP contribution in [0, 0.1) is 0 Å². The van der Waals surface area contributed by atoms with Crippen molar-refractivity contribution in [1.82, 2.24) is 15.5 Å². The topological polar surface area (TPSA) is 95.1 Å². The lowest BCUT2D eigenvalue weighted by Crippen LogP contribution is -2.49. The molecule has 0 bridgehead atoms. The van der Waals surface area contributed by atoms with Crippen LogP contribution in [-0.4, -0.2) is 55.6 Å². The van der Waals surface area contributed by atoms with E-state index in [9.17, 15) is 9.59 Å². The van der Waals surface area contributed by atoms with Gasteiger partial charge in [0.2, 0.25) is 5.91 Å². The molecule has 0 spiro atoms. The number of hydrogen-bond donors (Lipinski definition) is 3. The fourth-order valence-electron chi connectivity index (χ4n) is 3.15. The number of piperidine rings is 1. The zero-order valence-electron chi connectivity index (χ0n) is 18.1. The van der Waals surface area contributed by atoms with E-state index in [0.29, 0.717) is 32.7 Å². The number of amides is 2. The Kier molecular flexibility index (Phi) is 12.2. The lowest BCUT2D eigenvalue weighted by Gasteiger charge is -2.32. The van der Waals surface area contributed by atoms with Crippen molar-refractivity contribution < 1.29 is 14.3 Å². The molecule has 168 valence electrons. The van der Waals surface area contributed by atoms with Crippen LogP contribution in [-0.2, 0) is 16.1 Å². The van der Waals surface area contributed by atoms with Crippen molar-refractivity contribution in [2.24, 2.45) is 4.99 Å². The Hall–Kier alpha value is -2.04. The lowest BCUT2D eigenvalue weighted by atomic mass is 10.1. The summed E-state index contributed by atoms with van der Waals surface area (Å²) in [6.07, 6.45) is 2.84. The van der Waals surface area contributed by atoms with E-state index >= 15 is 0 Å². The van der Waals surface area contributed by atoms with E-state index in [0.717, 1.165) is 36.5 Å². The van der Waals surface area contributed by atoms with E-state index in [1.165, 1.54) is 0 Å². The molecule has 0 unspecified atom stereocenters. The smallest absolute Gasteiger partial charge is 0.409 e. The van der Waals surface area contributed by atoms with Crippen LogP contribution in [0.25, 0.3) is 0 Å². The van der Waals surface area contributed by atoms with Gasteiger partial charge in [0.05, 0.1) is 6.61 Å². The number of aliphatic imine (C=N–C) groups is 1. The van der Waals surface area contributed by atoms with Crippen LogP contribution in [0.4, 0.5) is 10.5 Å². The third-order valence-corrected chi connectivity index (χ3v) is 4.76. The zero-order chi connectivity index (χ0) is 21.1. The van der Waals surface area contributed by atoms with Crippen LogP contribution < -0.4 is 16.0 Å². The molecule has 9 heteroatoms. The summed E-state index contributed by atoms with van der Waals surface area (Å²) in [5, 5.41) is 9.62. The Morgan fingerprint density at radius 1 is 1.17 bits per heavy atom. The van der Waals surface area contributed by atoms with E-state index in [1.807, 2.05) is 38.1 Å². The first-order chi connectivity index (χ1) is 14.0. The van der Waals surface area contributed by atoms with Gasteiger partial charge in [0.15, 0.2) is 5.96 Å². The molecular formula is C21H34IN5O3. The highest BCUT2D eigenvalue weighted by Gasteiger charge is 2.23. The molecule has 1 fully saturated rings. The maximum absolute atomic E-state index is 11.8. The molecule has 1 aliphatic heterocycles. The predicted octanol–water partition coefficient (Wildman–Crippen LogP) is 3.33. The monoisotopic (exact) mass is 531 g/mol. The Morgan fingerprint density at radius 3 is 2.40 bits per heavy atom. The third-order valence-electron chi connectivity index (χ3n) is 4.76. The van der Waals surface area contributed by atoms with Crippen LogP contribution in [0.3, 0.4) is 0 Å². The third kappa shape index (κ3) is 8.76. The van der Waals surface area contributed by atoms with Gasteiger partial charge in [0, 0.05) is 44.8 Å². The minimum absolute atomic E-state index is 0. The molecule has 0 aliphatic carbocycles. The van der Waals surface area contributed by atoms with Crippen molar-refractivity contribution in [2.45, 2.75) is 52.1 Å². The average molecular weight is 531 g/mol. The first-order valence-corrected chi connectivity index (χ1v) is 10.3. The van der Waals surface area contributed by atoms with Crippen molar-refractivity contribution >= 4 is 47.6 Å². The molecule has 8 nitrogen and oxygen atoms in total. The molecule has 2 rings (SSSR count). The standard InChI is InChI=1S/C21H33N5O3.HI/c1-4-6-19(27)24-17-9-7-16(8-10-17)15-23-20(22-3)25-18-11-13-26(14-12-18)21(28)29-5-2;/h7-10,18H,4-6,11-15H2,1-3H3,(H,24,27)(H2,22,23,25);1H. The summed E-state index contributed by atoms with van der Waals surface area (Å²) in [6, 6.07) is 8.06. The summed E-state index contributed by atoms with van der Waals surface area (Å²) >= 11 is 0. The number of halogens is 1. The Bertz CT molecular complexity index is 688. The van der Waals surface area contributed by atoms with E-state index in [1.54, 1.807) is 11.9 Å². The Morgan fingerprint density at radius 2 is 1.83 bits per heavy atom. The van der Waals surface area contributed by atoms with E-state index in [4.69, 9.17) is 4.74 Å². The number of anilines is 1. The molecule has 3 N–H and O–H groups in total. The van der Waals surface area contributed by atoms with Gasteiger partial charge in [-0.05, 0) is 43.9 Å². The van der Waals surface area contributed by atoms with Crippen molar-refractivity contribution in [3.05, 3.63) is 29.8 Å². The van der Waals surface area contributed by atoms with Gasteiger partial charge in [0.1, 0.15) is 0 Å². The van der Waals surface area contributed by atoms with Gasteiger partial charge in [-0.2, -0.15) is 0 Å². The van der Waals surface area contributed by atoms with Crippen molar-refractivity contribution in [2.75, 3.05) is 32.1 Å². The maximum Gasteiger partial charge on any atom is 0.409 e. The summed E-state index contributed by atoms with van der Waals surface area (Å²) in [5.74, 6) is 0.775. The second kappa shape index (κ2) is 14.1. The first-order valence-electron chi connectivity index (χ1n) is 10.3. The second-order valence-electron chi connectivity index (χ2n) is 7.03. The minimum atomic E-state index is -0.234. The Labute approximate surface area is 196 Å². The quantitative estimate of drug-likeness (QED) is 0.285. The number of carbonyl (C=O) groups is 2. The number of nitrogens with zero attached hydrogens (tertiary/aromatic N) is 2. The van der Waals surface area contributed by atoms with Crippen LogP contribution in [0.5, 0.6) is 0 Å². The van der Waals surface area contributed by atoms with Crippen LogP contribution in [0.1, 0.15) is 45.1 Å². The highest BCUT2D eigenvalue weighted by atomic mass is 127. The fraction of sp³-hybridized carbons (Fsp3) is 0.571. The summed E-state index contributed by atoms with van der Waals surface area (Å²) in [7, 11) is 1.75. The highest BCUT2D eigenvalue weighted by Crippen LogP contribution is 2.12. The minimum Gasteiger partial charge on any atom is -0.450 e. The van der Waals surface area contributed by atoms with Gasteiger partial charge < -0.3 is 25.6 Å². The summed E-state index contributed by atoms with van der Waals surface area (Å²) in [4.78, 5) is 29.5. The molecule has 0 radical (unpaired) electrons. The molecule has 0 aromatic heterocycles. The molecule has 1 heterocycles. The zero-order valence-corrected chi connectivity index (χ0v) is 20.4. The number of carbonyl (C=O) groups excluding carboxylic acids is 2. The number of ether oxygens (including phenoxy) is 1. The molecule has 0 atom stereocenters. The lowest BCUT2D eigenvalue weighted by molar-refractivity contribution is -0.116. The van der Waals surface area contributed by atoms with Gasteiger partial charge in [-0.25, -0.2) is 4.79 Å². The summed E-state index contributed by atoms with van der Waals surface area (Å²) in [6.45, 7) is 6.19. The van der Waals surface area contributed by atoms with Gasteiger partial charge in [-0.1, -0.05) is 19.1 Å². The van der Waals surface area contributed by atoms with Crippen LogP contribution in [0.2, 0.25) is 0 Å². The van der Waals surface area contributed by atoms with E-state index in [2.05, 4.69) is 20.9 Å². The first kappa shape index (κ1) is 26.0. The van der Waals surface area contributed by atoms with Crippen LogP contribution >= 0.6 is 24.0 Å². The molecule has 0 saturated carbocycles. The molecule has 1 saturated heterocycles. The number of hydrogen-bond acceptors (Lipinski definition) is 4. The second-order valence-corrected chi connectivity index (χ2v) is 7.03. The molecular weight excluding hydrogens is 497 g/mol. The molecule has 2 amide bonds. The number of guanidine groups is 1. The number of nitrogens with one attached hydrogen (secondary N) is 3. The van der Waals surface area contributed by atoms with Crippen molar-refractivity contribution in [3.63, 3.8) is 0 Å². The average Bonchev–Trinajstić information content (AvgIpc) is 2.73. The van der Waals surface area contributed by atoms with Crippen LogP contribution in [0.15, 0.2) is 29.3 Å². The summed E-state index contributed by atoms with van der Waals surface area (Å²) < 4.78 is 5.06. The van der Waals surface area contributed by atoms with Gasteiger partial charge >= 0.3 is 6.09 Å². The van der Waals surface area contributed by atoms with Gasteiger partial charge in [-0.3, -0.25) is 9.79 Å². The normalized spacial score (nSPS) is 14.5. The van der Waals surface area contributed by atoms with Gasteiger partial charge in [-0.15, -0.1) is 24.0 Å². The predicted molar refractivity (Wildman–Crippen MR) is 130 cm³/mol. The highest BCUT2D eigenvalue weighted by molar-refractivity contribution is 14.0. The van der Waals surface area contributed by atoms with E-state index < -0.39 is 0 Å². The van der Waals surface area contributed by atoms with Crippen molar-refractivity contribution in [1.29, 1.82) is 0 Å². The number of benzene rings is 1. The SMILES string of the molecule is CCCC(=O)Nc1ccc(CNC(=NC)NC2CCN(C(=O)OCC)CC2)cc1.I.